The predicted octanol–water partition coefficient (Wildman–Crippen LogP) is 5.32. The monoisotopic (exact) mass is 952 g/mol. The molecule has 6 N–H and O–H groups in total. The highest BCUT2D eigenvalue weighted by Gasteiger charge is 2.48. The molecule has 0 radical (unpaired) electrons. The molecule has 18 nitrogen and oxygen atoms in total. The number of nitrogens with one attached hydrogen (secondary N) is 2. The van der Waals surface area contributed by atoms with Crippen LogP contribution in [-0.4, -0.2) is 134 Å². The zero-order valence-corrected chi connectivity index (χ0v) is 33.1. The Hall–Kier alpha value is -6.35. The number of carboxylic acid groups (broad SMARTS) is 3. The van der Waals surface area contributed by atoms with Gasteiger partial charge in [-0.3, -0.25) is 9.58 Å². The van der Waals surface area contributed by atoms with Gasteiger partial charge in [0.15, 0.2) is 0 Å². The van der Waals surface area contributed by atoms with E-state index in [1.165, 1.54) is 12.4 Å². The van der Waals surface area contributed by atoms with Crippen molar-refractivity contribution in [2.75, 3.05) is 19.7 Å². The first kappa shape index (κ1) is 53.0. The molecule has 1 aliphatic carbocycles. The fraction of sp³-hybridized carbons (Fsp3) is 0.514. The highest BCUT2D eigenvalue weighted by Crippen LogP contribution is 2.39. The predicted molar refractivity (Wildman–Crippen MR) is 193 cm³/mol. The van der Waals surface area contributed by atoms with E-state index in [-0.39, 0.29) is 42.9 Å². The van der Waals surface area contributed by atoms with E-state index in [0.29, 0.717) is 32.4 Å². The van der Waals surface area contributed by atoms with Crippen molar-refractivity contribution in [3.05, 3.63) is 48.6 Å². The Morgan fingerprint density at radius 2 is 1.48 bits per heavy atom. The highest BCUT2D eigenvalue weighted by molar-refractivity contribution is 5.90. The Morgan fingerprint density at radius 1 is 0.923 bits per heavy atom. The second-order valence-electron chi connectivity index (χ2n) is 14.0. The average Bonchev–Trinajstić information content (AvgIpc) is 3.89. The van der Waals surface area contributed by atoms with Crippen molar-refractivity contribution >= 4 is 28.9 Å². The van der Waals surface area contributed by atoms with Crippen LogP contribution in [0.1, 0.15) is 50.5 Å². The second-order valence-corrected chi connectivity index (χ2v) is 14.0. The fourth-order valence-corrected chi connectivity index (χ4v) is 6.05. The third-order valence-electron chi connectivity index (χ3n) is 9.19. The lowest BCUT2D eigenvalue weighted by Gasteiger charge is -2.53. The van der Waals surface area contributed by atoms with Crippen LogP contribution in [0.25, 0.3) is 22.3 Å². The largest absolute Gasteiger partial charge is 0.490 e. The Kier molecular flexibility index (Phi) is 17.6. The van der Waals surface area contributed by atoms with E-state index in [1.807, 2.05) is 23.1 Å². The lowest BCUT2D eigenvalue weighted by Crippen LogP contribution is -2.65. The second kappa shape index (κ2) is 21.6. The number of aromatic amines is 1. The number of alkyl halides is 12. The van der Waals surface area contributed by atoms with Crippen LogP contribution in [0.3, 0.4) is 0 Å². The summed E-state index contributed by atoms with van der Waals surface area (Å²) >= 11 is 0. The molecule has 0 spiro atoms. The number of carboxylic acids is 3. The van der Waals surface area contributed by atoms with Gasteiger partial charge in [-0.05, 0) is 38.7 Å². The number of nitrogens with zero attached hydrogens (tertiary/aromatic N) is 8. The van der Waals surface area contributed by atoms with Gasteiger partial charge < -0.3 is 35.5 Å². The Bertz CT molecular complexity index is 2200. The molecule has 0 bridgehead atoms. The molecule has 1 saturated carbocycles. The smallest absolute Gasteiger partial charge is 0.475 e. The summed E-state index contributed by atoms with van der Waals surface area (Å²) in [4.78, 5) is 48.1. The molecular formula is C35H36F12N10O8. The topological polar surface area (TPSA) is 266 Å². The molecule has 30 heteroatoms. The molecule has 4 aromatic heterocycles. The van der Waals surface area contributed by atoms with Crippen molar-refractivity contribution in [2.24, 2.45) is 0 Å². The lowest BCUT2D eigenvalue weighted by atomic mass is 9.82. The molecule has 358 valence electrons. The van der Waals surface area contributed by atoms with E-state index in [1.54, 1.807) is 13.1 Å². The van der Waals surface area contributed by atoms with Crippen molar-refractivity contribution in [2.45, 2.75) is 94.0 Å². The van der Waals surface area contributed by atoms with Gasteiger partial charge in [0.1, 0.15) is 23.6 Å². The summed E-state index contributed by atoms with van der Waals surface area (Å²) < 4.78 is 143. The van der Waals surface area contributed by atoms with Crippen molar-refractivity contribution in [1.29, 1.82) is 5.26 Å². The van der Waals surface area contributed by atoms with Gasteiger partial charge in [-0.25, -0.2) is 29.3 Å². The number of aliphatic hydroxyl groups is 1. The summed E-state index contributed by atoms with van der Waals surface area (Å²) in [6, 6.07) is 5.66. The first-order chi connectivity index (χ1) is 30.0. The van der Waals surface area contributed by atoms with Gasteiger partial charge in [0.2, 0.25) is 11.7 Å². The molecule has 1 atom stereocenters. The van der Waals surface area contributed by atoms with Gasteiger partial charge in [0, 0.05) is 61.1 Å². The zero-order chi connectivity index (χ0) is 49.1. The number of likely N-dealkylation sites (tertiary alicyclic amines) is 1. The summed E-state index contributed by atoms with van der Waals surface area (Å²) in [5.41, 5.74) is 2.07. The summed E-state index contributed by atoms with van der Waals surface area (Å²) in [6.45, 7) is 2.96. The standard InChI is InChI=1S/C29H33F3N10O2.3C2HF3O2/c1-18(14-43)35-12-20-10-24(40-27(39-20)29(30,31)32)44-22-4-2-21(3-5-22)41-15-28(16-41,7-8-33)42-13-19(11-38-42)25-23-6-9-34-26(23)37-17-36-25;3*3-2(4,5)1(6)7/h6,9-11,13,17-18,21-22,35,43H,2-5,7,12,14-16H2,1H3,(H,34,36,37);3*(H,6,7)/t18-,21?,22?;;;/m1.../s1. The van der Waals surface area contributed by atoms with Crippen LogP contribution in [0.15, 0.2) is 37.1 Å². The van der Waals surface area contributed by atoms with Crippen LogP contribution in [0.4, 0.5) is 52.7 Å². The lowest BCUT2D eigenvalue weighted by molar-refractivity contribution is -0.193. The SMILES string of the molecule is C[C@H](CO)NCc1cc(OC2CCC(N3CC(CC#N)(n4cc(-c5ncnc6[nH]ccc56)cn4)C3)CC2)nc(C(F)(F)F)n1.O=C(O)C(F)(F)F.O=C(O)C(F)(F)F.O=C(O)C(F)(F)F. The van der Waals surface area contributed by atoms with Crippen molar-refractivity contribution in [3.8, 4) is 23.2 Å². The minimum Gasteiger partial charge on any atom is -0.475 e. The van der Waals surface area contributed by atoms with Crippen LogP contribution < -0.4 is 10.1 Å². The Morgan fingerprint density at radius 3 is 1.97 bits per heavy atom. The molecule has 1 aliphatic heterocycles. The molecular weight excluding hydrogens is 916 g/mol. The maximum atomic E-state index is 13.5. The summed E-state index contributed by atoms with van der Waals surface area (Å²) in [6.07, 6.45) is -9.92. The molecule has 0 unspecified atom stereocenters. The quantitative estimate of drug-likeness (QED) is 0.110. The summed E-state index contributed by atoms with van der Waals surface area (Å²) in [7, 11) is 0. The molecule has 4 aromatic rings. The van der Waals surface area contributed by atoms with Crippen LogP contribution in [0.5, 0.6) is 5.88 Å². The maximum Gasteiger partial charge on any atom is 0.490 e. The molecule has 1 saturated heterocycles. The van der Waals surface area contributed by atoms with Gasteiger partial charge in [0.05, 0.1) is 36.7 Å². The number of aliphatic hydroxyl groups excluding tert-OH is 1. The van der Waals surface area contributed by atoms with Gasteiger partial charge in [-0.2, -0.15) is 68.0 Å². The normalized spacial score (nSPS) is 17.9. The minimum atomic E-state index is -5.08. The number of hydrogen-bond donors (Lipinski definition) is 6. The third kappa shape index (κ3) is 15.4. The van der Waals surface area contributed by atoms with Crippen LogP contribution in [0, 0.1) is 11.3 Å². The number of hydrogen-bond acceptors (Lipinski definition) is 13. The molecule has 2 fully saturated rings. The molecule has 6 rings (SSSR count). The van der Waals surface area contributed by atoms with Crippen LogP contribution in [0.2, 0.25) is 0 Å². The van der Waals surface area contributed by atoms with Crippen molar-refractivity contribution < 1.29 is 92.2 Å². The average molecular weight is 953 g/mol. The number of fused-ring (bicyclic) bond motifs is 1. The minimum absolute atomic E-state index is 0.0447. The number of halogens is 12. The Balaban J connectivity index is 0.000000443. The van der Waals surface area contributed by atoms with E-state index in [9.17, 15) is 63.1 Å². The Labute approximate surface area is 356 Å². The van der Waals surface area contributed by atoms with Gasteiger partial charge in [0.25, 0.3) is 0 Å². The van der Waals surface area contributed by atoms with E-state index in [2.05, 4.69) is 46.3 Å². The first-order valence-corrected chi connectivity index (χ1v) is 18.3. The van der Waals surface area contributed by atoms with E-state index in [4.69, 9.17) is 34.4 Å². The maximum absolute atomic E-state index is 13.5. The van der Waals surface area contributed by atoms with Crippen LogP contribution in [-0.2, 0) is 32.6 Å². The van der Waals surface area contributed by atoms with Gasteiger partial charge in [-0.1, -0.05) is 0 Å². The van der Waals surface area contributed by atoms with Crippen molar-refractivity contribution in [1.82, 2.24) is 44.9 Å². The molecule has 5 heterocycles. The number of ether oxygens (including phenoxy) is 1. The van der Waals surface area contributed by atoms with E-state index in [0.717, 1.165) is 35.1 Å². The number of carbonyl (C=O) groups is 3. The van der Waals surface area contributed by atoms with Gasteiger partial charge >= 0.3 is 42.6 Å². The van der Waals surface area contributed by atoms with E-state index < -0.39 is 54.0 Å². The van der Waals surface area contributed by atoms with Gasteiger partial charge in [-0.15, -0.1) is 0 Å². The number of aromatic nitrogens is 7. The number of aliphatic carboxylic acids is 3. The van der Waals surface area contributed by atoms with Crippen LogP contribution >= 0.6 is 0 Å². The molecule has 0 amide bonds. The molecule has 0 aromatic carbocycles. The van der Waals surface area contributed by atoms with Crippen molar-refractivity contribution in [3.63, 3.8) is 0 Å². The number of nitriles is 1. The zero-order valence-electron chi connectivity index (χ0n) is 33.1. The number of rotatable bonds is 10. The molecule has 65 heavy (non-hydrogen) atoms. The molecule has 2 aliphatic rings. The highest BCUT2D eigenvalue weighted by atomic mass is 19.4. The third-order valence-corrected chi connectivity index (χ3v) is 9.19. The first-order valence-electron chi connectivity index (χ1n) is 18.3. The summed E-state index contributed by atoms with van der Waals surface area (Å²) in [5.74, 6) is -9.62. The summed E-state index contributed by atoms with van der Waals surface area (Å²) in [5, 5.41) is 48.7. The van der Waals surface area contributed by atoms with E-state index >= 15 is 0 Å². The fourth-order valence-electron chi connectivity index (χ4n) is 6.05. The number of H-pyrrole nitrogens is 1.